The van der Waals surface area contributed by atoms with Crippen molar-refractivity contribution >= 4 is 64.1 Å². The summed E-state index contributed by atoms with van der Waals surface area (Å²) >= 11 is 1.91. The molecule has 0 aliphatic rings. The third-order valence-corrected chi connectivity index (χ3v) is 9.74. The number of para-hydroxylation sites is 1. The molecule has 7 aromatic carbocycles. The first-order valence-corrected chi connectivity index (χ1v) is 15.2. The third-order valence-electron chi connectivity index (χ3n) is 8.56. The van der Waals surface area contributed by atoms with E-state index in [1.807, 2.05) is 11.3 Å². The molecule has 1 nitrogen and oxygen atoms in total. The number of nitrogens with zero attached hydrogens (tertiary/aromatic N) is 1. The molecule has 0 unspecified atom stereocenters. The maximum absolute atomic E-state index is 2.50. The van der Waals surface area contributed by atoms with Crippen LogP contribution in [-0.2, 0) is 0 Å². The van der Waals surface area contributed by atoms with Crippen molar-refractivity contribution in [3.05, 3.63) is 152 Å². The van der Waals surface area contributed by atoms with Crippen LogP contribution >= 0.6 is 11.3 Å². The Morgan fingerprint density at radius 3 is 1.79 bits per heavy atom. The Kier molecular flexibility index (Phi) is 5.13. The van der Waals surface area contributed by atoms with E-state index in [2.05, 4.69) is 156 Å². The van der Waals surface area contributed by atoms with Crippen molar-refractivity contribution in [2.24, 2.45) is 0 Å². The van der Waals surface area contributed by atoms with Crippen molar-refractivity contribution in [3.63, 3.8) is 0 Å². The summed E-state index contributed by atoms with van der Waals surface area (Å²) in [4.78, 5) is 0. The SMILES string of the molecule is c1ccc(-c2cccc(-c3cccc(-n4c5ccccc5c5c6ccccc6c6c7ccccc7sc6c54)c3)c2)cc1. The predicted molar refractivity (Wildman–Crippen MR) is 182 cm³/mol. The molecule has 0 saturated heterocycles. The number of rotatable bonds is 3. The number of benzene rings is 7. The van der Waals surface area contributed by atoms with Crippen LogP contribution in [0.1, 0.15) is 0 Å². The molecule has 0 aliphatic heterocycles. The van der Waals surface area contributed by atoms with Gasteiger partial charge in [0.1, 0.15) is 0 Å². The molecule has 0 N–H and O–H groups in total. The van der Waals surface area contributed by atoms with E-state index < -0.39 is 0 Å². The molecule has 0 bridgehead atoms. The Morgan fingerprint density at radius 2 is 0.976 bits per heavy atom. The minimum atomic E-state index is 1.18. The molecular weight excluding hydrogens is 527 g/mol. The smallest absolute Gasteiger partial charge is 0.0726 e. The van der Waals surface area contributed by atoms with Crippen molar-refractivity contribution in [1.29, 1.82) is 0 Å². The maximum atomic E-state index is 2.50. The number of fused-ring (bicyclic) bond motifs is 10. The van der Waals surface area contributed by atoms with E-state index >= 15 is 0 Å². The molecule has 0 saturated carbocycles. The van der Waals surface area contributed by atoms with Gasteiger partial charge in [0.15, 0.2) is 0 Å². The molecule has 196 valence electrons. The van der Waals surface area contributed by atoms with E-state index in [1.54, 1.807) is 0 Å². The normalized spacial score (nSPS) is 11.8. The molecule has 2 aromatic heterocycles. The van der Waals surface area contributed by atoms with Crippen LogP contribution in [0.25, 0.3) is 80.7 Å². The fourth-order valence-corrected chi connectivity index (χ4v) is 7.99. The van der Waals surface area contributed by atoms with Gasteiger partial charge in [0, 0.05) is 31.9 Å². The standard InChI is InChI=1S/C40H25NS/c1-2-12-26(13-3-1)27-14-10-15-28(24-27)29-16-11-17-30(25-29)41-35-22-8-6-20-33(35)37-31-18-4-5-19-32(31)38-34-21-7-9-23-36(34)42-40(38)39(37)41/h1-25H. The molecule has 0 atom stereocenters. The minimum absolute atomic E-state index is 1.18. The maximum Gasteiger partial charge on any atom is 0.0726 e. The van der Waals surface area contributed by atoms with Gasteiger partial charge in [0.25, 0.3) is 0 Å². The zero-order chi connectivity index (χ0) is 27.6. The quantitative estimate of drug-likeness (QED) is 0.206. The van der Waals surface area contributed by atoms with Crippen LogP contribution < -0.4 is 0 Å². The van der Waals surface area contributed by atoms with Crippen LogP contribution in [0.2, 0.25) is 0 Å². The summed E-state index contributed by atoms with van der Waals surface area (Å²) < 4.78 is 5.17. The second-order valence-electron chi connectivity index (χ2n) is 10.9. The number of thiophene rings is 1. The van der Waals surface area contributed by atoms with Crippen molar-refractivity contribution in [2.75, 3.05) is 0 Å². The summed E-state index contributed by atoms with van der Waals surface area (Å²) in [6.07, 6.45) is 0. The van der Waals surface area contributed by atoms with Crippen molar-refractivity contribution in [3.8, 4) is 27.9 Å². The highest BCUT2D eigenvalue weighted by Crippen LogP contribution is 2.47. The molecule has 0 radical (unpaired) electrons. The van der Waals surface area contributed by atoms with E-state index in [1.165, 1.54) is 80.7 Å². The summed E-state index contributed by atoms with van der Waals surface area (Å²) in [5, 5.41) is 7.95. The Morgan fingerprint density at radius 1 is 0.405 bits per heavy atom. The highest BCUT2D eigenvalue weighted by Gasteiger charge is 2.21. The fourth-order valence-electron chi connectivity index (χ4n) is 6.73. The van der Waals surface area contributed by atoms with Gasteiger partial charge in [0.05, 0.1) is 15.7 Å². The van der Waals surface area contributed by atoms with Gasteiger partial charge in [-0.05, 0) is 63.4 Å². The molecule has 0 aliphatic carbocycles. The van der Waals surface area contributed by atoms with E-state index in [-0.39, 0.29) is 0 Å². The lowest BCUT2D eigenvalue weighted by Crippen LogP contribution is -1.95. The van der Waals surface area contributed by atoms with Gasteiger partial charge < -0.3 is 4.57 Å². The van der Waals surface area contributed by atoms with Crippen molar-refractivity contribution in [1.82, 2.24) is 4.57 Å². The van der Waals surface area contributed by atoms with Gasteiger partial charge in [-0.3, -0.25) is 0 Å². The van der Waals surface area contributed by atoms with E-state index in [4.69, 9.17) is 0 Å². The molecular formula is C40H25NS. The van der Waals surface area contributed by atoms with E-state index in [0.717, 1.165) is 0 Å². The molecule has 9 aromatic rings. The number of hydrogen-bond donors (Lipinski definition) is 0. The monoisotopic (exact) mass is 551 g/mol. The Bertz CT molecular complexity index is 2460. The topological polar surface area (TPSA) is 4.93 Å². The fraction of sp³-hybridized carbons (Fsp3) is 0. The Hall–Kier alpha value is -5.18. The van der Waals surface area contributed by atoms with Crippen LogP contribution in [0.15, 0.2) is 152 Å². The Balaban J connectivity index is 1.38. The summed E-state index contributed by atoms with van der Waals surface area (Å²) in [5.41, 5.74) is 8.60. The summed E-state index contributed by atoms with van der Waals surface area (Å²) in [7, 11) is 0. The lowest BCUT2D eigenvalue weighted by atomic mass is 9.98. The number of aromatic nitrogens is 1. The first-order valence-electron chi connectivity index (χ1n) is 14.4. The zero-order valence-corrected chi connectivity index (χ0v) is 23.6. The van der Waals surface area contributed by atoms with Crippen molar-refractivity contribution < 1.29 is 0 Å². The third kappa shape index (κ3) is 3.43. The number of hydrogen-bond acceptors (Lipinski definition) is 1. The van der Waals surface area contributed by atoms with Crippen LogP contribution in [0.3, 0.4) is 0 Å². The first kappa shape index (κ1) is 23.5. The lowest BCUT2D eigenvalue weighted by molar-refractivity contribution is 1.19. The molecule has 2 heterocycles. The highest BCUT2D eigenvalue weighted by molar-refractivity contribution is 7.27. The molecule has 9 rings (SSSR count). The molecule has 2 heteroatoms. The molecule has 42 heavy (non-hydrogen) atoms. The summed E-state index contributed by atoms with van der Waals surface area (Å²) in [5.74, 6) is 0. The van der Waals surface area contributed by atoms with E-state index in [0.29, 0.717) is 0 Å². The van der Waals surface area contributed by atoms with Crippen LogP contribution in [-0.4, -0.2) is 4.57 Å². The van der Waals surface area contributed by atoms with Gasteiger partial charge in [-0.1, -0.05) is 121 Å². The Labute approximate surface area is 247 Å². The summed E-state index contributed by atoms with van der Waals surface area (Å²) in [6.45, 7) is 0. The minimum Gasteiger partial charge on any atom is -0.308 e. The van der Waals surface area contributed by atoms with Gasteiger partial charge in [-0.25, -0.2) is 0 Å². The highest BCUT2D eigenvalue weighted by atomic mass is 32.1. The van der Waals surface area contributed by atoms with Crippen molar-refractivity contribution in [2.45, 2.75) is 0 Å². The molecule has 0 spiro atoms. The second-order valence-corrected chi connectivity index (χ2v) is 12.0. The van der Waals surface area contributed by atoms with E-state index in [9.17, 15) is 0 Å². The predicted octanol–water partition coefficient (Wildman–Crippen LogP) is 11.6. The van der Waals surface area contributed by atoms with Gasteiger partial charge in [-0.15, -0.1) is 11.3 Å². The van der Waals surface area contributed by atoms with Gasteiger partial charge in [-0.2, -0.15) is 0 Å². The molecule has 0 fully saturated rings. The largest absolute Gasteiger partial charge is 0.308 e. The lowest BCUT2D eigenvalue weighted by Gasteiger charge is -2.12. The van der Waals surface area contributed by atoms with Crippen LogP contribution in [0.5, 0.6) is 0 Å². The van der Waals surface area contributed by atoms with Crippen LogP contribution in [0.4, 0.5) is 0 Å². The zero-order valence-electron chi connectivity index (χ0n) is 22.8. The average Bonchev–Trinajstić information content (AvgIpc) is 3.62. The van der Waals surface area contributed by atoms with Gasteiger partial charge >= 0.3 is 0 Å². The summed E-state index contributed by atoms with van der Waals surface area (Å²) in [6, 6.07) is 55.2. The first-order chi connectivity index (χ1) is 20.8. The second kappa shape index (κ2) is 9.17. The average molecular weight is 552 g/mol. The van der Waals surface area contributed by atoms with Crippen LogP contribution in [0, 0.1) is 0 Å². The van der Waals surface area contributed by atoms with Gasteiger partial charge in [0.2, 0.25) is 0 Å². The molecule has 0 amide bonds.